The summed E-state index contributed by atoms with van der Waals surface area (Å²) in [5.41, 5.74) is 0.949. The molecule has 3 unspecified atom stereocenters. The SMILES string of the molecule is CC(NC(=O)N(C)CC1CCCCC1O)c1cn[nH]c1. The molecule has 0 aliphatic heterocycles. The van der Waals surface area contributed by atoms with Crippen LogP contribution in [0, 0.1) is 5.92 Å². The van der Waals surface area contributed by atoms with Crippen LogP contribution in [0.5, 0.6) is 0 Å². The largest absolute Gasteiger partial charge is 0.393 e. The molecule has 1 aromatic rings. The third kappa shape index (κ3) is 3.72. The van der Waals surface area contributed by atoms with E-state index in [1.54, 1.807) is 24.3 Å². The average Bonchev–Trinajstić information content (AvgIpc) is 2.95. The summed E-state index contributed by atoms with van der Waals surface area (Å²) in [6, 6.07) is -0.198. The number of carbonyl (C=O) groups excluding carboxylic acids is 1. The molecule has 2 amide bonds. The van der Waals surface area contributed by atoms with Crippen molar-refractivity contribution in [3.63, 3.8) is 0 Å². The number of aromatic amines is 1. The van der Waals surface area contributed by atoms with Crippen molar-refractivity contribution < 1.29 is 9.90 Å². The fourth-order valence-electron chi connectivity index (χ4n) is 2.71. The molecule has 1 saturated carbocycles. The number of carbonyl (C=O) groups is 1. The number of rotatable bonds is 4. The van der Waals surface area contributed by atoms with Crippen LogP contribution in [0.4, 0.5) is 4.79 Å². The first-order valence-electron chi connectivity index (χ1n) is 7.26. The van der Waals surface area contributed by atoms with E-state index in [0.717, 1.165) is 31.2 Å². The van der Waals surface area contributed by atoms with Gasteiger partial charge in [0.25, 0.3) is 0 Å². The van der Waals surface area contributed by atoms with Gasteiger partial charge in [-0.1, -0.05) is 12.8 Å². The van der Waals surface area contributed by atoms with Crippen LogP contribution >= 0.6 is 0 Å². The zero-order valence-electron chi connectivity index (χ0n) is 12.2. The van der Waals surface area contributed by atoms with Gasteiger partial charge in [-0.25, -0.2) is 4.79 Å². The molecule has 3 atom stereocenters. The Kier molecular flexibility index (Phi) is 5.00. The molecular formula is C14H24N4O2. The molecule has 20 heavy (non-hydrogen) atoms. The average molecular weight is 280 g/mol. The maximum atomic E-state index is 12.1. The fourth-order valence-corrected chi connectivity index (χ4v) is 2.71. The maximum Gasteiger partial charge on any atom is 0.317 e. The van der Waals surface area contributed by atoms with Crippen molar-refractivity contribution in [2.45, 2.75) is 44.8 Å². The number of amides is 2. The van der Waals surface area contributed by atoms with Crippen molar-refractivity contribution in [1.82, 2.24) is 20.4 Å². The molecular weight excluding hydrogens is 256 g/mol. The third-order valence-electron chi connectivity index (χ3n) is 4.08. The Balaban J connectivity index is 1.82. The van der Waals surface area contributed by atoms with Crippen LogP contribution in [0.1, 0.15) is 44.2 Å². The van der Waals surface area contributed by atoms with Gasteiger partial charge in [-0.05, 0) is 19.8 Å². The van der Waals surface area contributed by atoms with Crippen molar-refractivity contribution in [2.75, 3.05) is 13.6 Å². The minimum absolute atomic E-state index is 0.0834. The monoisotopic (exact) mass is 280 g/mol. The first kappa shape index (κ1) is 14.8. The van der Waals surface area contributed by atoms with Crippen molar-refractivity contribution in [1.29, 1.82) is 0 Å². The number of urea groups is 1. The van der Waals surface area contributed by atoms with Gasteiger partial charge in [0.2, 0.25) is 0 Å². The number of aliphatic hydroxyl groups is 1. The molecule has 1 aliphatic rings. The summed E-state index contributed by atoms with van der Waals surface area (Å²) in [6.07, 6.45) is 7.28. The molecule has 1 heterocycles. The summed E-state index contributed by atoms with van der Waals surface area (Å²) in [7, 11) is 1.78. The molecule has 0 bridgehead atoms. The van der Waals surface area contributed by atoms with E-state index in [0.29, 0.717) is 6.54 Å². The van der Waals surface area contributed by atoms with Crippen molar-refractivity contribution >= 4 is 6.03 Å². The summed E-state index contributed by atoms with van der Waals surface area (Å²) in [4.78, 5) is 13.8. The Morgan fingerprint density at radius 2 is 2.35 bits per heavy atom. The highest BCUT2D eigenvalue weighted by atomic mass is 16.3. The number of nitrogens with one attached hydrogen (secondary N) is 2. The number of aromatic nitrogens is 2. The van der Waals surface area contributed by atoms with Crippen molar-refractivity contribution in [3.05, 3.63) is 18.0 Å². The summed E-state index contributed by atoms with van der Waals surface area (Å²) in [5.74, 6) is 0.198. The van der Waals surface area contributed by atoms with E-state index < -0.39 is 0 Å². The van der Waals surface area contributed by atoms with E-state index in [9.17, 15) is 9.90 Å². The standard InChI is InChI=1S/C14H24N4O2/c1-10(12-7-15-16-8-12)17-14(20)18(2)9-11-5-3-4-6-13(11)19/h7-8,10-11,13,19H,3-6,9H2,1-2H3,(H,15,16)(H,17,20). The van der Waals surface area contributed by atoms with Gasteiger partial charge < -0.3 is 15.3 Å². The maximum absolute atomic E-state index is 12.1. The van der Waals surface area contributed by atoms with Gasteiger partial charge in [-0.15, -0.1) is 0 Å². The highest BCUT2D eigenvalue weighted by Gasteiger charge is 2.26. The van der Waals surface area contributed by atoms with Crippen LogP contribution in [0.25, 0.3) is 0 Å². The Morgan fingerprint density at radius 3 is 3.00 bits per heavy atom. The highest BCUT2D eigenvalue weighted by molar-refractivity contribution is 5.74. The minimum Gasteiger partial charge on any atom is -0.393 e. The van der Waals surface area contributed by atoms with Crippen LogP contribution in [0.3, 0.4) is 0 Å². The molecule has 0 saturated heterocycles. The van der Waals surface area contributed by atoms with Gasteiger partial charge >= 0.3 is 6.03 Å². The molecule has 6 heteroatoms. The summed E-state index contributed by atoms with van der Waals surface area (Å²) in [6.45, 7) is 2.52. The van der Waals surface area contributed by atoms with E-state index in [2.05, 4.69) is 15.5 Å². The van der Waals surface area contributed by atoms with Gasteiger partial charge in [0.05, 0.1) is 18.3 Å². The molecule has 0 radical (unpaired) electrons. The third-order valence-corrected chi connectivity index (χ3v) is 4.08. The van der Waals surface area contributed by atoms with Gasteiger partial charge in [0, 0.05) is 31.3 Å². The second-order valence-corrected chi connectivity index (χ2v) is 5.70. The molecule has 112 valence electrons. The van der Waals surface area contributed by atoms with Crippen molar-refractivity contribution in [2.24, 2.45) is 5.92 Å². The number of nitrogens with zero attached hydrogens (tertiary/aromatic N) is 2. The van der Waals surface area contributed by atoms with Gasteiger partial charge in [0.1, 0.15) is 0 Å². The van der Waals surface area contributed by atoms with Crippen LogP contribution in [-0.4, -0.2) is 45.9 Å². The molecule has 1 aromatic heterocycles. The number of aliphatic hydroxyl groups excluding tert-OH is 1. The first-order valence-corrected chi connectivity index (χ1v) is 7.26. The normalized spacial score (nSPS) is 24.1. The molecule has 6 nitrogen and oxygen atoms in total. The number of hydrogen-bond acceptors (Lipinski definition) is 3. The second-order valence-electron chi connectivity index (χ2n) is 5.70. The van der Waals surface area contributed by atoms with E-state index in [-0.39, 0.29) is 24.1 Å². The van der Waals surface area contributed by atoms with Gasteiger partial charge in [-0.3, -0.25) is 5.10 Å². The van der Waals surface area contributed by atoms with E-state index in [4.69, 9.17) is 0 Å². The predicted octanol–water partition coefficient (Wildman–Crippen LogP) is 1.66. The summed E-state index contributed by atoms with van der Waals surface area (Å²) >= 11 is 0. The van der Waals surface area contributed by atoms with Gasteiger partial charge in [0.15, 0.2) is 0 Å². The smallest absolute Gasteiger partial charge is 0.317 e. The Labute approximate surface area is 119 Å². The lowest BCUT2D eigenvalue weighted by atomic mass is 9.86. The predicted molar refractivity (Wildman–Crippen MR) is 76.1 cm³/mol. The van der Waals surface area contributed by atoms with E-state index in [1.807, 2.05) is 6.92 Å². The zero-order valence-corrected chi connectivity index (χ0v) is 12.2. The van der Waals surface area contributed by atoms with Crippen LogP contribution in [-0.2, 0) is 0 Å². The van der Waals surface area contributed by atoms with Crippen LogP contribution in [0.2, 0.25) is 0 Å². The van der Waals surface area contributed by atoms with Crippen LogP contribution in [0.15, 0.2) is 12.4 Å². The van der Waals surface area contributed by atoms with E-state index >= 15 is 0 Å². The van der Waals surface area contributed by atoms with Crippen molar-refractivity contribution in [3.8, 4) is 0 Å². The van der Waals surface area contributed by atoms with Crippen LogP contribution < -0.4 is 5.32 Å². The Morgan fingerprint density at radius 1 is 1.60 bits per heavy atom. The highest BCUT2D eigenvalue weighted by Crippen LogP contribution is 2.25. The minimum atomic E-state index is -0.273. The second kappa shape index (κ2) is 6.74. The Bertz CT molecular complexity index is 421. The lowest BCUT2D eigenvalue weighted by molar-refractivity contribution is 0.0563. The molecule has 0 spiro atoms. The molecule has 1 fully saturated rings. The number of H-pyrrole nitrogens is 1. The first-order chi connectivity index (χ1) is 9.58. The fraction of sp³-hybridized carbons (Fsp3) is 0.714. The molecule has 0 aromatic carbocycles. The zero-order chi connectivity index (χ0) is 14.5. The topological polar surface area (TPSA) is 81.2 Å². The number of hydrogen-bond donors (Lipinski definition) is 3. The quantitative estimate of drug-likeness (QED) is 0.784. The van der Waals surface area contributed by atoms with Gasteiger partial charge in [-0.2, -0.15) is 5.10 Å². The molecule has 1 aliphatic carbocycles. The van der Waals surface area contributed by atoms with E-state index in [1.165, 1.54) is 0 Å². The lowest BCUT2D eigenvalue weighted by Crippen LogP contribution is -2.43. The Hall–Kier alpha value is -1.56. The molecule has 3 N–H and O–H groups in total. The summed E-state index contributed by atoms with van der Waals surface area (Å²) in [5, 5.41) is 19.5. The lowest BCUT2D eigenvalue weighted by Gasteiger charge is -2.31. The molecule has 2 rings (SSSR count). The summed E-state index contributed by atoms with van der Waals surface area (Å²) < 4.78 is 0.